The van der Waals surface area contributed by atoms with Gasteiger partial charge in [-0.25, -0.2) is 0 Å². The zero-order valence-electron chi connectivity index (χ0n) is 9.65. The zero-order valence-corrected chi connectivity index (χ0v) is 12.1. The summed E-state index contributed by atoms with van der Waals surface area (Å²) in [6.45, 7) is 1.04. The van der Waals surface area contributed by atoms with Crippen LogP contribution in [0.25, 0.3) is 0 Å². The molecule has 0 radical (unpaired) electrons. The van der Waals surface area contributed by atoms with E-state index in [4.69, 9.17) is 5.73 Å². The molecular formula is C13H13BrN2OS. The third-order valence-corrected chi connectivity index (χ3v) is 4.19. The highest BCUT2D eigenvalue weighted by Gasteiger charge is 2.05. The Morgan fingerprint density at radius 1 is 1.33 bits per heavy atom. The maximum atomic E-state index is 11.9. The molecule has 1 heterocycles. The predicted octanol–water partition coefficient (Wildman–Crippen LogP) is 2.90. The molecule has 0 aliphatic heterocycles. The SMILES string of the molecule is NCc1ccc(C(=O)NCc2cc(Br)cs2)cc1. The van der Waals surface area contributed by atoms with E-state index in [-0.39, 0.29) is 5.91 Å². The average Bonchev–Trinajstić information content (AvgIpc) is 2.82. The molecule has 0 fully saturated rings. The number of hydrogen-bond donors (Lipinski definition) is 2. The minimum atomic E-state index is -0.0666. The highest BCUT2D eigenvalue weighted by molar-refractivity contribution is 9.10. The van der Waals surface area contributed by atoms with Gasteiger partial charge in [0.15, 0.2) is 0 Å². The molecule has 1 amide bonds. The van der Waals surface area contributed by atoms with Crippen molar-refractivity contribution in [1.29, 1.82) is 0 Å². The summed E-state index contributed by atoms with van der Waals surface area (Å²) in [5, 5.41) is 4.88. The van der Waals surface area contributed by atoms with Gasteiger partial charge in [-0.05, 0) is 39.7 Å². The summed E-state index contributed by atoms with van der Waals surface area (Å²) in [6.07, 6.45) is 0. The van der Waals surface area contributed by atoms with Gasteiger partial charge >= 0.3 is 0 Å². The molecule has 1 aromatic carbocycles. The molecule has 0 saturated carbocycles. The van der Waals surface area contributed by atoms with E-state index >= 15 is 0 Å². The standard InChI is InChI=1S/C13H13BrN2OS/c14-11-5-12(18-8-11)7-16-13(17)10-3-1-9(6-15)2-4-10/h1-5,8H,6-7,15H2,(H,16,17). The van der Waals surface area contributed by atoms with Crippen LogP contribution in [0.4, 0.5) is 0 Å². The maximum Gasteiger partial charge on any atom is 0.251 e. The van der Waals surface area contributed by atoms with Crippen molar-refractivity contribution in [3.63, 3.8) is 0 Å². The summed E-state index contributed by atoms with van der Waals surface area (Å²) >= 11 is 5.00. The van der Waals surface area contributed by atoms with E-state index in [0.717, 1.165) is 14.9 Å². The maximum absolute atomic E-state index is 11.9. The largest absolute Gasteiger partial charge is 0.347 e. The lowest BCUT2D eigenvalue weighted by Gasteiger charge is -2.04. The number of carbonyl (C=O) groups excluding carboxylic acids is 1. The minimum absolute atomic E-state index is 0.0666. The van der Waals surface area contributed by atoms with Gasteiger partial charge < -0.3 is 11.1 Å². The summed E-state index contributed by atoms with van der Waals surface area (Å²) in [5.74, 6) is -0.0666. The normalized spacial score (nSPS) is 10.3. The molecule has 2 aromatic rings. The van der Waals surface area contributed by atoms with Gasteiger partial charge in [-0.15, -0.1) is 11.3 Å². The van der Waals surface area contributed by atoms with Gasteiger partial charge in [-0.1, -0.05) is 12.1 Å². The summed E-state index contributed by atoms with van der Waals surface area (Å²) in [7, 11) is 0. The third kappa shape index (κ3) is 3.41. The molecule has 0 aliphatic rings. The number of amides is 1. The second-order valence-electron chi connectivity index (χ2n) is 3.81. The van der Waals surface area contributed by atoms with Crippen LogP contribution in [0, 0.1) is 0 Å². The van der Waals surface area contributed by atoms with Crippen LogP contribution in [0.5, 0.6) is 0 Å². The number of hydrogen-bond acceptors (Lipinski definition) is 3. The Morgan fingerprint density at radius 2 is 2.06 bits per heavy atom. The van der Waals surface area contributed by atoms with Crippen molar-refractivity contribution >= 4 is 33.2 Å². The second-order valence-corrected chi connectivity index (χ2v) is 5.73. The highest BCUT2D eigenvalue weighted by Crippen LogP contribution is 2.19. The van der Waals surface area contributed by atoms with Gasteiger partial charge in [0.1, 0.15) is 0 Å². The van der Waals surface area contributed by atoms with Crippen molar-refractivity contribution in [1.82, 2.24) is 5.32 Å². The number of nitrogens with one attached hydrogen (secondary N) is 1. The first-order chi connectivity index (χ1) is 8.69. The van der Waals surface area contributed by atoms with Crippen LogP contribution in [0.15, 0.2) is 40.2 Å². The molecule has 2 rings (SSSR count). The van der Waals surface area contributed by atoms with Crippen LogP contribution in [0.1, 0.15) is 20.8 Å². The highest BCUT2D eigenvalue weighted by atomic mass is 79.9. The van der Waals surface area contributed by atoms with Gasteiger partial charge in [0.25, 0.3) is 5.91 Å². The molecule has 3 N–H and O–H groups in total. The van der Waals surface area contributed by atoms with E-state index < -0.39 is 0 Å². The molecule has 0 saturated heterocycles. The lowest BCUT2D eigenvalue weighted by atomic mass is 10.1. The van der Waals surface area contributed by atoms with E-state index in [2.05, 4.69) is 21.2 Å². The van der Waals surface area contributed by atoms with E-state index in [1.165, 1.54) is 0 Å². The topological polar surface area (TPSA) is 55.1 Å². The quantitative estimate of drug-likeness (QED) is 0.908. The van der Waals surface area contributed by atoms with E-state index in [0.29, 0.717) is 18.7 Å². The van der Waals surface area contributed by atoms with Crippen molar-refractivity contribution in [2.45, 2.75) is 13.1 Å². The van der Waals surface area contributed by atoms with Crippen molar-refractivity contribution < 1.29 is 4.79 Å². The van der Waals surface area contributed by atoms with Crippen molar-refractivity contribution in [3.8, 4) is 0 Å². The molecule has 1 aromatic heterocycles. The van der Waals surface area contributed by atoms with Gasteiger partial charge in [-0.3, -0.25) is 4.79 Å². The summed E-state index contributed by atoms with van der Waals surface area (Å²) in [6, 6.07) is 9.33. The smallest absolute Gasteiger partial charge is 0.251 e. The van der Waals surface area contributed by atoms with Crippen LogP contribution >= 0.6 is 27.3 Å². The molecule has 0 aliphatic carbocycles. The van der Waals surface area contributed by atoms with Gasteiger partial charge in [-0.2, -0.15) is 0 Å². The van der Waals surface area contributed by atoms with Crippen molar-refractivity contribution in [2.24, 2.45) is 5.73 Å². The number of nitrogens with two attached hydrogens (primary N) is 1. The van der Waals surface area contributed by atoms with Crippen molar-refractivity contribution in [3.05, 3.63) is 56.2 Å². The van der Waals surface area contributed by atoms with E-state index in [1.807, 2.05) is 23.6 Å². The third-order valence-electron chi connectivity index (χ3n) is 2.50. The predicted molar refractivity (Wildman–Crippen MR) is 77.5 cm³/mol. The van der Waals surface area contributed by atoms with Crippen LogP contribution in [-0.4, -0.2) is 5.91 Å². The van der Waals surface area contributed by atoms with Gasteiger partial charge in [0.05, 0.1) is 6.54 Å². The lowest BCUT2D eigenvalue weighted by molar-refractivity contribution is 0.0951. The van der Waals surface area contributed by atoms with Gasteiger partial charge in [0, 0.05) is 26.8 Å². The Balaban J connectivity index is 1.94. The Bertz CT molecular complexity index is 536. The molecule has 0 unspecified atom stereocenters. The first kappa shape index (κ1) is 13.3. The number of thiophene rings is 1. The van der Waals surface area contributed by atoms with E-state index in [9.17, 15) is 4.79 Å². The van der Waals surface area contributed by atoms with E-state index in [1.54, 1.807) is 23.5 Å². The first-order valence-electron chi connectivity index (χ1n) is 5.49. The lowest BCUT2D eigenvalue weighted by Crippen LogP contribution is -2.22. The second kappa shape index (κ2) is 6.13. The molecule has 5 heteroatoms. The van der Waals surface area contributed by atoms with Crippen LogP contribution in [0.3, 0.4) is 0 Å². The Kier molecular flexibility index (Phi) is 4.52. The number of rotatable bonds is 4. The van der Waals surface area contributed by atoms with Crippen molar-refractivity contribution in [2.75, 3.05) is 0 Å². The first-order valence-corrected chi connectivity index (χ1v) is 7.16. The number of benzene rings is 1. The number of carbonyl (C=O) groups is 1. The molecule has 18 heavy (non-hydrogen) atoms. The zero-order chi connectivity index (χ0) is 13.0. The summed E-state index contributed by atoms with van der Waals surface area (Å²) < 4.78 is 1.05. The fourth-order valence-corrected chi connectivity index (χ4v) is 2.90. The summed E-state index contributed by atoms with van der Waals surface area (Å²) in [5.41, 5.74) is 7.19. The monoisotopic (exact) mass is 324 g/mol. The molecule has 94 valence electrons. The fraction of sp³-hybridized carbons (Fsp3) is 0.154. The Hall–Kier alpha value is -1.17. The van der Waals surface area contributed by atoms with Crippen LogP contribution in [0.2, 0.25) is 0 Å². The van der Waals surface area contributed by atoms with Crippen LogP contribution in [-0.2, 0) is 13.1 Å². The number of halogens is 1. The molecule has 0 bridgehead atoms. The minimum Gasteiger partial charge on any atom is -0.347 e. The molecule has 0 spiro atoms. The Labute approximate surface area is 118 Å². The average molecular weight is 325 g/mol. The molecule has 0 atom stereocenters. The van der Waals surface area contributed by atoms with Gasteiger partial charge in [0.2, 0.25) is 0 Å². The Morgan fingerprint density at radius 3 is 2.61 bits per heavy atom. The summed E-state index contributed by atoms with van der Waals surface area (Å²) in [4.78, 5) is 13.0. The fourth-order valence-electron chi connectivity index (χ4n) is 1.51. The molecular weight excluding hydrogens is 312 g/mol. The molecule has 3 nitrogen and oxygen atoms in total. The van der Waals surface area contributed by atoms with Crippen LogP contribution < -0.4 is 11.1 Å².